The normalized spacial score (nSPS) is 10.5. The molecule has 0 bridgehead atoms. The van der Waals surface area contributed by atoms with Crippen molar-refractivity contribution < 1.29 is 9.90 Å². The zero-order valence-corrected chi connectivity index (χ0v) is 11.6. The van der Waals surface area contributed by atoms with Crippen molar-refractivity contribution >= 4 is 40.6 Å². The van der Waals surface area contributed by atoms with Gasteiger partial charge in [0.1, 0.15) is 5.82 Å². The highest BCUT2D eigenvalue weighted by atomic mass is 32.1. The summed E-state index contributed by atoms with van der Waals surface area (Å²) in [6.07, 6.45) is 0. The summed E-state index contributed by atoms with van der Waals surface area (Å²) in [6, 6.07) is 14.2. The summed E-state index contributed by atoms with van der Waals surface area (Å²) < 4.78 is 0.366. The third-order valence-electron chi connectivity index (χ3n) is 3.01. The van der Waals surface area contributed by atoms with Gasteiger partial charge in [0.05, 0.1) is 11.1 Å². The summed E-state index contributed by atoms with van der Waals surface area (Å²) in [4.78, 5) is 18.3. The van der Waals surface area contributed by atoms with E-state index in [1.807, 2.05) is 24.3 Å². The maximum Gasteiger partial charge on any atom is 0.335 e. The molecular weight excluding hydrogens is 286 g/mol. The fourth-order valence-corrected chi connectivity index (χ4v) is 2.27. The van der Waals surface area contributed by atoms with Gasteiger partial charge in [-0.3, -0.25) is 0 Å². The lowest BCUT2D eigenvalue weighted by molar-refractivity contribution is 0.0697. The van der Waals surface area contributed by atoms with Gasteiger partial charge in [0.25, 0.3) is 0 Å². The van der Waals surface area contributed by atoms with Crippen LogP contribution in [0.25, 0.3) is 10.9 Å². The van der Waals surface area contributed by atoms with E-state index in [9.17, 15) is 4.79 Å². The molecule has 0 amide bonds. The molecule has 6 heteroatoms. The minimum atomic E-state index is -0.971. The Balaban J connectivity index is 2.08. The lowest BCUT2D eigenvalue weighted by atomic mass is 10.2. The first-order valence-corrected chi connectivity index (χ1v) is 6.64. The molecule has 0 aliphatic carbocycles. The van der Waals surface area contributed by atoms with Gasteiger partial charge in [-0.15, -0.1) is 0 Å². The number of nitrogens with zero attached hydrogens (tertiary/aromatic N) is 1. The maximum atomic E-state index is 11.0. The molecule has 5 nitrogen and oxygen atoms in total. The third kappa shape index (κ3) is 2.75. The number of carboxylic acid groups (broad SMARTS) is 1. The molecule has 0 atom stereocenters. The molecule has 0 aliphatic heterocycles. The average Bonchev–Trinajstić information content (AvgIpc) is 2.47. The lowest BCUT2D eigenvalue weighted by Gasteiger charge is -2.09. The van der Waals surface area contributed by atoms with E-state index in [-0.39, 0.29) is 5.56 Å². The van der Waals surface area contributed by atoms with Crippen molar-refractivity contribution in [1.82, 2.24) is 9.97 Å². The van der Waals surface area contributed by atoms with Crippen molar-refractivity contribution in [1.29, 1.82) is 0 Å². The molecule has 3 rings (SSSR count). The Morgan fingerprint density at radius 3 is 2.81 bits per heavy atom. The second kappa shape index (κ2) is 5.34. The van der Waals surface area contributed by atoms with E-state index >= 15 is 0 Å². The van der Waals surface area contributed by atoms with E-state index in [0.717, 1.165) is 10.9 Å². The number of hydrogen-bond acceptors (Lipinski definition) is 4. The summed E-state index contributed by atoms with van der Waals surface area (Å²) in [5.41, 5.74) is 1.73. The van der Waals surface area contributed by atoms with Crippen LogP contribution in [0.4, 0.5) is 11.5 Å². The van der Waals surface area contributed by atoms with Crippen LogP contribution in [0.3, 0.4) is 0 Å². The van der Waals surface area contributed by atoms with Crippen molar-refractivity contribution in [3.8, 4) is 0 Å². The van der Waals surface area contributed by atoms with E-state index in [1.54, 1.807) is 18.2 Å². The molecule has 0 spiro atoms. The summed E-state index contributed by atoms with van der Waals surface area (Å²) in [7, 11) is 0. The number of hydrogen-bond donors (Lipinski definition) is 3. The van der Waals surface area contributed by atoms with Crippen molar-refractivity contribution in [2.24, 2.45) is 0 Å². The molecule has 2 aromatic carbocycles. The number of fused-ring (bicyclic) bond motifs is 1. The molecule has 104 valence electrons. The zero-order chi connectivity index (χ0) is 14.8. The predicted octanol–water partition coefficient (Wildman–Crippen LogP) is 3.73. The number of aromatic amines is 1. The van der Waals surface area contributed by atoms with E-state index in [4.69, 9.17) is 17.3 Å². The number of carboxylic acids is 1. The Morgan fingerprint density at radius 1 is 1.19 bits per heavy atom. The minimum Gasteiger partial charge on any atom is -0.478 e. The van der Waals surface area contributed by atoms with Crippen molar-refractivity contribution in [2.75, 3.05) is 5.32 Å². The highest BCUT2D eigenvalue weighted by Gasteiger charge is 2.06. The molecule has 3 N–H and O–H groups in total. The summed E-state index contributed by atoms with van der Waals surface area (Å²) >= 11 is 5.11. The van der Waals surface area contributed by atoms with E-state index < -0.39 is 5.97 Å². The summed E-state index contributed by atoms with van der Waals surface area (Å²) in [6.45, 7) is 0. The van der Waals surface area contributed by atoms with Crippen LogP contribution in [0, 0.1) is 4.77 Å². The third-order valence-corrected chi connectivity index (χ3v) is 3.20. The molecule has 1 aromatic heterocycles. The monoisotopic (exact) mass is 297 g/mol. The van der Waals surface area contributed by atoms with E-state index in [1.165, 1.54) is 6.07 Å². The maximum absolute atomic E-state index is 11.0. The number of anilines is 2. The number of carbonyl (C=O) groups is 1. The Morgan fingerprint density at radius 2 is 2.00 bits per heavy atom. The minimum absolute atomic E-state index is 0.213. The first-order valence-electron chi connectivity index (χ1n) is 6.23. The highest BCUT2D eigenvalue weighted by Crippen LogP contribution is 2.23. The van der Waals surface area contributed by atoms with Gasteiger partial charge in [0, 0.05) is 11.1 Å². The average molecular weight is 297 g/mol. The molecule has 0 aliphatic rings. The Bertz CT molecular complexity index is 889. The van der Waals surface area contributed by atoms with Gasteiger partial charge in [0.15, 0.2) is 4.77 Å². The quantitative estimate of drug-likeness (QED) is 0.642. The number of benzene rings is 2. The second-order valence-corrected chi connectivity index (χ2v) is 4.83. The van der Waals surface area contributed by atoms with Gasteiger partial charge in [-0.1, -0.05) is 18.2 Å². The lowest BCUT2D eigenvalue weighted by Crippen LogP contribution is -2.00. The molecule has 21 heavy (non-hydrogen) atoms. The first kappa shape index (κ1) is 13.3. The molecule has 0 saturated heterocycles. The molecule has 0 fully saturated rings. The van der Waals surface area contributed by atoms with Crippen LogP contribution in [-0.4, -0.2) is 21.0 Å². The highest BCUT2D eigenvalue weighted by molar-refractivity contribution is 7.71. The molecule has 0 saturated carbocycles. The zero-order valence-electron chi connectivity index (χ0n) is 10.8. The van der Waals surface area contributed by atoms with Gasteiger partial charge in [-0.25, -0.2) is 9.78 Å². The standard InChI is InChI=1S/C15H11N3O2S/c19-14(20)9-4-3-5-10(8-9)16-13-11-6-1-2-7-12(11)17-15(21)18-13/h1-8H,(H,19,20)(H2,16,17,18,21). The molecule has 3 aromatic rings. The summed E-state index contributed by atoms with van der Waals surface area (Å²) in [5, 5.41) is 13.0. The molecule has 1 heterocycles. The largest absolute Gasteiger partial charge is 0.478 e. The Kier molecular flexibility index (Phi) is 3.37. The van der Waals surface area contributed by atoms with Crippen LogP contribution in [0.5, 0.6) is 0 Å². The van der Waals surface area contributed by atoms with E-state index in [2.05, 4.69) is 15.3 Å². The smallest absolute Gasteiger partial charge is 0.335 e. The second-order valence-electron chi connectivity index (χ2n) is 4.45. The van der Waals surface area contributed by atoms with Crippen LogP contribution in [0.2, 0.25) is 0 Å². The van der Waals surface area contributed by atoms with Crippen LogP contribution in [0.1, 0.15) is 10.4 Å². The number of aromatic carboxylic acids is 1. The van der Waals surface area contributed by atoms with Gasteiger partial charge < -0.3 is 15.4 Å². The molecule has 0 unspecified atom stereocenters. The topological polar surface area (TPSA) is 78.0 Å². The molecular formula is C15H11N3O2S. The number of rotatable bonds is 3. The van der Waals surface area contributed by atoms with Gasteiger partial charge in [-0.05, 0) is 42.5 Å². The van der Waals surface area contributed by atoms with Crippen LogP contribution >= 0.6 is 12.2 Å². The van der Waals surface area contributed by atoms with Crippen LogP contribution in [0.15, 0.2) is 48.5 Å². The number of H-pyrrole nitrogens is 1. The predicted molar refractivity (Wildman–Crippen MR) is 83.6 cm³/mol. The summed E-state index contributed by atoms with van der Waals surface area (Å²) in [5.74, 6) is -0.376. The van der Waals surface area contributed by atoms with E-state index in [0.29, 0.717) is 16.3 Å². The Labute approximate surface area is 125 Å². The SMILES string of the molecule is O=C(O)c1cccc(Nc2nc(=S)[nH]c3ccccc23)c1. The van der Waals surface area contributed by atoms with Crippen molar-refractivity contribution in [3.63, 3.8) is 0 Å². The van der Waals surface area contributed by atoms with Gasteiger partial charge in [0.2, 0.25) is 0 Å². The Hall–Kier alpha value is -2.73. The van der Waals surface area contributed by atoms with Gasteiger partial charge >= 0.3 is 5.97 Å². The van der Waals surface area contributed by atoms with Crippen LogP contribution in [-0.2, 0) is 0 Å². The van der Waals surface area contributed by atoms with Crippen molar-refractivity contribution in [2.45, 2.75) is 0 Å². The van der Waals surface area contributed by atoms with Crippen molar-refractivity contribution in [3.05, 3.63) is 58.9 Å². The molecule has 0 radical (unpaired) electrons. The first-order chi connectivity index (χ1) is 10.1. The fraction of sp³-hybridized carbons (Fsp3) is 0. The number of nitrogens with one attached hydrogen (secondary N) is 2. The van der Waals surface area contributed by atoms with Crippen LogP contribution < -0.4 is 5.32 Å². The fourth-order valence-electron chi connectivity index (χ4n) is 2.07. The number of aromatic nitrogens is 2. The number of para-hydroxylation sites is 1. The van der Waals surface area contributed by atoms with Gasteiger partial charge in [-0.2, -0.15) is 0 Å².